The van der Waals surface area contributed by atoms with Crippen LogP contribution in [-0.4, -0.2) is 79.6 Å². The maximum atomic E-state index is 13.5. The molecule has 3 fully saturated rings. The predicted octanol–water partition coefficient (Wildman–Crippen LogP) is 0.559. The normalized spacial score (nSPS) is 26.7. The van der Waals surface area contributed by atoms with Gasteiger partial charge in [-0.3, -0.25) is 14.4 Å². The lowest BCUT2D eigenvalue weighted by Crippen LogP contribution is -2.68. The quantitative estimate of drug-likeness (QED) is 0.759. The number of likely N-dealkylation sites (tertiary alicyclic amines) is 1. The second kappa shape index (κ2) is 9.14. The van der Waals surface area contributed by atoms with E-state index < -0.39 is 5.41 Å². The van der Waals surface area contributed by atoms with E-state index in [4.69, 9.17) is 9.47 Å². The molecule has 0 saturated carbocycles. The molecule has 0 radical (unpaired) electrons. The molecule has 30 heavy (non-hydrogen) atoms. The highest BCUT2D eigenvalue weighted by Gasteiger charge is 2.54. The third-order valence-corrected chi connectivity index (χ3v) is 6.38. The van der Waals surface area contributed by atoms with Crippen LogP contribution in [0.4, 0.5) is 0 Å². The summed E-state index contributed by atoms with van der Waals surface area (Å²) >= 11 is 0. The molecule has 0 unspecified atom stereocenters. The number of benzene rings is 1. The lowest BCUT2D eigenvalue weighted by Gasteiger charge is -2.51. The van der Waals surface area contributed by atoms with Gasteiger partial charge in [0.05, 0.1) is 25.2 Å². The van der Waals surface area contributed by atoms with Gasteiger partial charge in [-0.05, 0) is 18.4 Å². The van der Waals surface area contributed by atoms with Gasteiger partial charge >= 0.3 is 0 Å². The third kappa shape index (κ3) is 4.34. The molecule has 1 N–H and O–H groups in total. The van der Waals surface area contributed by atoms with E-state index in [1.165, 1.54) is 0 Å². The van der Waals surface area contributed by atoms with Gasteiger partial charge in [-0.2, -0.15) is 0 Å². The van der Waals surface area contributed by atoms with Crippen LogP contribution in [0, 0.1) is 5.41 Å². The zero-order valence-electron chi connectivity index (χ0n) is 17.2. The summed E-state index contributed by atoms with van der Waals surface area (Å²) in [6, 6.07) is 9.48. The Morgan fingerprint density at radius 2 is 1.90 bits per heavy atom. The van der Waals surface area contributed by atoms with Crippen LogP contribution in [-0.2, 0) is 30.5 Å². The minimum atomic E-state index is -0.765. The summed E-state index contributed by atoms with van der Waals surface area (Å²) in [5, 5.41) is 3.02. The molecule has 3 heterocycles. The number of carbonyl (C=O) groups is 3. The Morgan fingerprint density at radius 3 is 2.67 bits per heavy atom. The van der Waals surface area contributed by atoms with Crippen LogP contribution in [0.2, 0.25) is 0 Å². The van der Waals surface area contributed by atoms with Crippen LogP contribution in [0.25, 0.3) is 0 Å². The highest BCUT2D eigenvalue weighted by molar-refractivity contribution is 5.89. The van der Waals surface area contributed by atoms with Crippen molar-refractivity contribution in [1.29, 1.82) is 0 Å². The summed E-state index contributed by atoms with van der Waals surface area (Å²) in [4.78, 5) is 41.9. The van der Waals surface area contributed by atoms with E-state index in [0.717, 1.165) is 5.56 Å². The highest BCUT2D eigenvalue weighted by Crippen LogP contribution is 2.40. The molecule has 1 aromatic carbocycles. The van der Waals surface area contributed by atoms with E-state index in [0.29, 0.717) is 65.3 Å². The van der Waals surface area contributed by atoms with Gasteiger partial charge in [0.25, 0.3) is 0 Å². The third-order valence-electron chi connectivity index (χ3n) is 6.38. The molecule has 8 heteroatoms. The Labute approximate surface area is 176 Å². The number of hydrogen-bond donors (Lipinski definition) is 1. The number of nitrogens with zero attached hydrogens (tertiary/aromatic N) is 2. The molecular weight excluding hydrogens is 386 g/mol. The van der Waals surface area contributed by atoms with Crippen molar-refractivity contribution >= 4 is 17.7 Å². The molecule has 1 aromatic rings. The number of carbonyl (C=O) groups excluding carboxylic acids is 3. The van der Waals surface area contributed by atoms with Crippen LogP contribution < -0.4 is 5.32 Å². The van der Waals surface area contributed by atoms with Crippen LogP contribution in [0.3, 0.4) is 0 Å². The van der Waals surface area contributed by atoms with Crippen molar-refractivity contribution in [3.63, 3.8) is 0 Å². The van der Waals surface area contributed by atoms with Gasteiger partial charge in [-0.15, -0.1) is 0 Å². The molecule has 0 spiro atoms. The molecule has 4 rings (SSSR count). The van der Waals surface area contributed by atoms with E-state index in [-0.39, 0.29) is 30.4 Å². The number of ether oxygens (including phenoxy) is 2. The van der Waals surface area contributed by atoms with E-state index in [2.05, 4.69) is 5.32 Å². The first kappa shape index (κ1) is 20.8. The maximum Gasteiger partial charge on any atom is 0.248 e. The summed E-state index contributed by atoms with van der Waals surface area (Å²) < 4.78 is 11.0. The van der Waals surface area contributed by atoms with Gasteiger partial charge < -0.3 is 24.6 Å². The van der Waals surface area contributed by atoms with E-state index in [9.17, 15) is 14.4 Å². The lowest BCUT2D eigenvalue weighted by atomic mass is 9.68. The monoisotopic (exact) mass is 415 g/mol. The first-order valence-corrected chi connectivity index (χ1v) is 10.6. The summed E-state index contributed by atoms with van der Waals surface area (Å²) in [7, 11) is 0. The molecule has 0 aromatic heterocycles. The number of nitrogens with one attached hydrogen (secondary N) is 1. The van der Waals surface area contributed by atoms with Crippen LogP contribution in [0.15, 0.2) is 30.3 Å². The summed E-state index contributed by atoms with van der Waals surface area (Å²) in [5.74, 6) is -0.106. The number of fused-ring (bicyclic) bond motifs is 1. The molecule has 0 aliphatic carbocycles. The molecule has 3 aliphatic heterocycles. The van der Waals surface area contributed by atoms with Gasteiger partial charge in [0.15, 0.2) is 0 Å². The van der Waals surface area contributed by atoms with Gasteiger partial charge in [0, 0.05) is 38.6 Å². The summed E-state index contributed by atoms with van der Waals surface area (Å²) in [6.07, 6.45) is 1.35. The number of piperidine rings is 2. The lowest BCUT2D eigenvalue weighted by molar-refractivity contribution is -0.160. The van der Waals surface area contributed by atoms with E-state index >= 15 is 0 Å². The standard InChI is InChI=1S/C22H29N3O5/c26-19-6-8-22(21(28)24-10-12-29-13-11-24)16-25(9-7-18(22)23-19)20(27)15-30-14-17-4-2-1-3-5-17/h1-5,18H,6-16H2,(H,23,26)/t18-,22+/m1/s1. The Kier molecular flexibility index (Phi) is 6.34. The zero-order chi connectivity index (χ0) is 21.0. The smallest absolute Gasteiger partial charge is 0.248 e. The zero-order valence-corrected chi connectivity index (χ0v) is 17.2. The van der Waals surface area contributed by atoms with Crippen molar-refractivity contribution in [2.24, 2.45) is 5.41 Å². The van der Waals surface area contributed by atoms with Crippen molar-refractivity contribution in [3.8, 4) is 0 Å². The largest absolute Gasteiger partial charge is 0.378 e. The molecule has 3 saturated heterocycles. The van der Waals surface area contributed by atoms with Gasteiger partial charge in [0.1, 0.15) is 6.61 Å². The van der Waals surface area contributed by atoms with Crippen molar-refractivity contribution in [3.05, 3.63) is 35.9 Å². The van der Waals surface area contributed by atoms with Crippen molar-refractivity contribution < 1.29 is 23.9 Å². The van der Waals surface area contributed by atoms with Crippen LogP contribution in [0.5, 0.6) is 0 Å². The molecule has 3 aliphatic rings. The average Bonchev–Trinajstić information content (AvgIpc) is 2.79. The summed E-state index contributed by atoms with van der Waals surface area (Å²) in [5.41, 5.74) is 0.247. The Balaban J connectivity index is 1.42. The molecule has 2 atom stereocenters. The Bertz CT molecular complexity index is 780. The minimum Gasteiger partial charge on any atom is -0.378 e. The minimum absolute atomic E-state index is 0.0172. The highest BCUT2D eigenvalue weighted by atomic mass is 16.5. The molecular formula is C22H29N3O5. The first-order chi connectivity index (χ1) is 14.6. The second-order valence-electron chi connectivity index (χ2n) is 8.26. The summed E-state index contributed by atoms with van der Waals surface area (Å²) in [6.45, 7) is 3.33. The molecule has 0 bridgehead atoms. The van der Waals surface area contributed by atoms with Gasteiger partial charge in [-0.25, -0.2) is 0 Å². The van der Waals surface area contributed by atoms with Gasteiger partial charge in [0.2, 0.25) is 17.7 Å². The Morgan fingerprint density at radius 1 is 1.13 bits per heavy atom. The fourth-order valence-corrected chi connectivity index (χ4v) is 4.70. The Hall–Kier alpha value is -2.45. The first-order valence-electron chi connectivity index (χ1n) is 10.6. The number of morpholine rings is 1. The fraction of sp³-hybridized carbons (Fsp3) is 0.591. The molecule has 162 valence electrons. The second-order valence-corrected chi connectivity index (χ2v) is 8.26. The van der Waals surface area contributed by atoms with Crippen LogP contribution >= 0.6 is 0 Å². The predicted molar refractivity (Wildman–Crippen MR) is 108 cm³/mol. The molecule has 3 amide bonds. The molecule has 8 nitrogen and oxygen atoms in total. The van der Waals surface area contributed by atoms with Crippen molar-refractivity contribution in [2.75, 3.05) is 46.0 Å². The SMILES string of the molecule is O=C1CC[C@]2(C(=O)N3CCOCC3)CN(C(=O)COCc3ccccc3)CC[C@H]2N1. The van der Waals surface area contributed by atoms with Crippen molar-refractivity contribution in [2.45, 2.75) is 31.9 Å². The van der Waals surface area contributed by atoms with Crippen LogP contribution in [0.1, 0.15) is 24.8 Å². The van der Waals surface area contributed by atoms with Gasteiger partial charge in [-0.1, -0.05) is 30.3 Å². The van der Waals surface area contributed by atoms with E-state index in [1.54, 1.807) is 4.90 Å². The van der Waals surface area contributed by atoms with Crippen molar-refractivity contribution in [1.82, 2.24) is 15.1 Å². The topological polar surface area (TPSA) is 88.2 Å². The maximum absolute atomic E-state index is 13.5. The fourth-order valence-electron chi connectivity index (χ4n) is 4.70. The average molecular weight is 415 g/mol. The van der Waals surface area contributed by atoms with E-state index in [1.807, 2.05) is 35.2 Å². The number of amides is 3. The number of hydrogen-bond acceptors (Lipinski definition) is 5. The number of rotatable bonds is 5.